The summed E-state index contributed by atoms with van der Waals surface area (Å²) in [5.74, 6) is -1.34. The topological polar surface area (TPSA) is 118 Å². The Labute approximate surface area is 112 Å². The summed E-state index contributed by atoms with van der Waals surface area (Å²) in [7, 11) is 0. The maximum Gasteiger partial charge on any atom is 0.309 e. The van der Waals surface area contributed by atoms with Gasteiger partial charge in [-0.25, -0.2) is 4.98 Å². The first kappa shape index (κ1) is 13.0. The van der Waals surface area contributed by atoms with Crippen molar-refractivity contribution >= 4 is 34.0 Å². The molecule has 4 N–H and O–H groups in total. The lowest BCUT2D eigenvalue weighted by molar-refractivity contribution is -0.136. The number of thiazole rings is 1. The number of hydrogen-bond donors (Lipinski definition) is 3. The number of nitrogens with zero attached hydrogens (tertiary/aromatic N) is 2. The summed E-state index contributed by atoms with van der Waals surface area (Å²) in [6, 6.07) is 3.12. The van der Waals surface area contributed by atoms with Crippen molar-refractivity contribution in [3.63, 3.8) is 0 Å². The minimum absolute atomic E-state index is 0.156. The number of rotatable bonds is 4. The van der Waals surface area contributed by atoms with Crippen LogP contribution >= 0.6 is 11.3 Å². The van der Waals surface area contributed by atoms with E-state index in [1.54, 1.807) is 17.5 Å². The first-order valence-corrected chi connectivity index (χ1v) is 6.11. The van der Waals surface area contributed by atoms with Crippen LogP contribution in [0.3, 0.4) is 0 Å². The summed E-state index contributed by atoms with van der Waals surface area (Å²) in [5, 5.41) is 13.1. The third kappa shape index (κ3) is 3.49. The molecule has 98 valence electrons. The molecule has 1 amide bonds. The van der Waals surface area contributed by atoms with Gasteiger partial charge < -0.3 is 16.2 Å². The molecule has 0 unspecified atom stereocenters. The van der Waals surface area contributed by atoms with Crippen molar-refractivity contribution in [3.05, 3.63) is 35.1 Å². The standard InChI is InChI=1S/C11H10N4O3S/c12-11-15-8(5-19-11)10(18)14-7-2-1-6(13-4-7)3-9(16)17/h1-2,4-5H,3H2,(H2,12,15)(H,14,18)(H,16,17). The number of carboxylic acid groups (broad SMARTS) is 1. The smallest absolute Gasteiger partial charge is 0.309 e. The van der Waals surface area contributed by atoms with Gasteiger partial charge in [-0.15, -0.1) is 11.3 Å². The van der Waals surface area contributed by atoms with Crippen LogP contribution in [0.5, 0.6) is 0 Å². The third-order valence-electron chi connectivity index (χ3n) is 2.17. The average Bonchev–Trinajstić information content (AvgIpc) is 2.78. The van der Waals surface area contributed by atoms with E-state index >= 15 is 0 Å². The van der Waals surface area contributed by atoms with Crippen LogP contribution in [0.2, 0.25) is 0 Å². The van der Waals surface area contributed by atoms with E-state index in [2.05, 4.69) is 15.3 Å². The Morgan fingerprint density at radius 3 is 2.74 bits per heavy atom. The van der Waals surface area contributed by atoms with Gasteiger partial charge in [0.2, 0.25) is 0 Å². The summed E-state index contributed by atoms with van der Waals surface area (Å²) in [6.07, 6.45) is 1.24. The van der Waals surface area contributed by atoms with Gasteiger partial charge in [0.1, 0.15) is 5.69 Å². The van der Waals surface area contributed by atoms with Crippen molar-refractivity contribution in [1.29, 1.82) is 0 Å². The van der Waals surface area contributed by atoms with Crippen molar-refractivity contribution < 1.29 is 14.7 Å². The summed E-state index contributed by atoms with van der Waals surface area (Å²) in [5.41, 5.74) is 6.55. The quantitative estimate of drug-likeness (QED) is 0.767. The maximum absolute atomic E-state index is 11.7. The molecule has 2 rings (SSSR count). The van der Waals surface area contributed by atoms with Gasteiger partial charge in [-0.1, -0.05) is 0 Å². The molecule has 0 spiro atoms. The molecular formula is C11H10N4O3S. The van der Waals surface area contributed by atoms with E-state index in [4.69, 9.17) is 10.8 Å². The normalized spacial score (nSPS) is 10.1. The Hall–Kier alpha value is -2.48. The molecule has 2 aromatic heterocycles. The Kier molecular flexibility index (Phi) is 3.71. The summed E-state index contributed by atoms with van der Waals surface area (Å²) >= 11 is 1.18. The number of pyridine rings is 1. The fourth-order valence-electron chi connectivity index (χ4n) is 1.34. The zero-order chi connectivity index (χ0) is 13.8. The largest absolute Gasteiger partial charge is 0.481 e. The minimum atomic E-state index is -0.956. The highest BCUT2D eigenvalue weighted by atomic mass is 32.1. The number of carboxylic acids is 1. The van der Waals surface area contributed by atoms with E-state index in [0.717, 1.165) is 0 Å². The molecule has 2 heterocycles. The van der Waals surface area contributed by atoms with E-state index in [-0.39, 0.29) is 18.0 Å². The molecular weight excluding hydrogens is 268 g/mol. The molecule has 19 heavy (non-hydrogen) atoms. The second-order valence-electron chi connectivity index (χ2n) is 3.63. The molecule has 0 aliphatic heterocycles. The monoisotopic (exact) mass is 278 g/mol. The average molecular weight is 278 g/mol. The number of carbonyl (C=O) groups is 2. The van der Waals surface area contributed by atoms with Gasteiger partial charge in [0.05, 0.1) is 24.0 Å². The SMILES string of the molecule is Nc1nc(C(=O)Nc2ccc(CC(=O)O)nc2)cs1. The fourth-order valence-corrected chi connectivity index (χ4v) is 1.89. The number of hydrogen-bond acceptors (Lipinski definition) is 6. The van der Waals surface area contributed by atoms with Crippen LogP contribution in [0.1, 0.15) is 16.2 Å². The minimum Gasteiger partial charge on any atom is -0.481 e. The maximum atomic E-state index is 11.7. The van der Waals surface area contributed by atoms with E-state index in [1.807, 2.05) is 0 Å². The Morgan fingerprint density at radius 2 is 2.21 bits per heavy atom. The van der Waals surface area contributed by atoms with Crippen LogP contribution in [-0.2, 0) is 11.2 Å². The van der Waals surface area contributed by atoms with Crippen molar-refractivity contribution in [2.45, 2.75) is 6.42 Å². The van der Waals surface area contributed by atoms with E-state index in [9.17, 15) is 9.59 Å². The van der Waals surface area contributed by atoms with Gasteiger partial charge in [-0.05, 0) is 12.1 Å². The predicted molar refractivity (Wildman–Crippen MR) is 70.1 cm³/mol. The van der Waals surface area contributed by atoms with Crippen molar-refractivity contribution in [1.82, 2.24) is 9.97 Å². The molecule has 2 aromatic rings. The molecule has 0 radical (unpaired) electrons. The first-order valence-electron chi connectivity index (χ1n) is 5.23. The van der Waals surface area contributed by atoms with E-state index < -0.39 is 5.97 Å². The molecule has 0 saturated carbocycles. The fraction of sp³-hybridized carbons (Fsp3) is 0.0909. The Bertz CT molecular complexity index is 609. The number of nitrogens with one attached hydrogen (secondary N) is 1. The molecule has 0 saturated heterocycles. The number of carbonyl (C=O) groups excluding carboxylic acids is 1. The van der Waals surface area contributed by atoms with Gasteiger partial charge in [0.25, 0.3) is 5.91 Å². The van der Waals surface area contributed by atoms with Gasteiger partial charge in [0.15, 0.2) is 5.13 Å². The zero-order valence-electron chi connectivity index (χ0n) is 9.66. The number of nitrogen functional groups attached to an aromatic ring is 1. The van der Waals surface area contributed by atoms with Crippen LogP contribution in [0.25, 0.3) is 0 Å². The molecule has 0 fully saturated rings. The molecule has 0 aliphatic carbocycles. The number of amides is 1. The Balaban J connectivity index is 2.03. The molecule has 0 aromatic carbocycles. The van der Waals surface area contributed by atoms with Crippen LogP contribution in [-0.4, -0.2) is 27.0 Å². The second-order valence-corrected chi connectivity index (χ2v) is 4.52. The van der Waals surface area contributed by atoms with Crippen molar-refractivity contribution in [3.8, 4) is 0 Å². The van der Waals surface area contributed by atoms with Crippen LogP contribution in [0, 0.1) is 0 Å². The number of aliphatic carboxylic acids is 1. The van der Waals surface area contributed by atoms with Gasteiger partial charge in [-0.2, -0.15) is 0 Å². The predicted octanol–water partition coefficient (Wildman–Crippen LogP) is 1.000. The second kappa shape index (κ2) is 5.44. The highest BCUT2D eigenvalue weighted by Crippen LogP contribution is 2.13. The third-order valence-corrected chi connectivity index (χ3v) is 2.84. The molecule has 0 bridgehead atoms. The zero-order valence-corrected chi connectivity index (χ0v) is 10.5. The molecule has 0 aliphatic rings. The number of anilines is 2. The summed E-state index contributed by atoms with van der Waals surface area (Å²) < 4.78 is 0. The molecule has 7 nitrogen and oxygen atoms in total. The van der Waals surface area contributed by atoms with E-state index in [0.29, 0.717) is 16.5 Å². The van der Waals surface area contributed by atoms with E-state index in [1.165, 1.54) is 17.5 Å². The summed E-state index contributed by atoms with van der Waals surface area (Å²) in [6.45, 7) is 0. The number of aromatic nitrogens is 2. The highest BCUT2D eigenvalue weighted by molar-refractivity contribution is 7.13. The van der Waals surface area contributed by atoms with Crippen molar-refractivity contribution in [2.24, 2.45) is 0 Å². The highest BCUT2D eigenvalue weighted by Gasteiger charge is 2.10. The number of nitrogens with two attached hydrogens (primary N) is 1. The lowest BCUT2D eigenvalue weighted by Crippen LogP contribution is -2.13. The lowest BCUT2D eigenvalue weighted by atomic mass is 10.2. The first-order chi connectivity index (χ1) is 9.04. The van der Waals surface area contributed by atoms with Gasteiger partial charge in [-0.3, -0.25) is 14.6 Å². The van der Waals surface area contributed by atoms with Gasteiger partial charge >= 0.3 is 5.97 Å². The van der Waals surface area contributed by atoms with Crippen molar-refractivity contribution in [2.75, 3.05) is 11.1 Å². The lowest BCUT2D eigenvalue weighted by Gasteiger charge is -2.03. The van der Waals surface area contributed by atoms with Crippen LogP contribution in [0.4, 0.5) is 10.8 Å². The van der Waals surface area contributed by atoms with Crippen LogP contribution < -0.4 is 11.1 Å². The Morgan fingerprint density at radius 1 is 1.42 bits per heavy atom. The molecule has 0 atom stereocenters. The van der Waals surface area contributed by atoms with Gasteiger partial charge in [0, 0.05) is 5.38 Å². The van der Waals surface area contributed by atoms with Crippen LogP contribution in [0.15, 0.2) is 23.7 Å². The molecule has 8 heteroatoms. The summed E-state index contributed by atoms with van der Waals surface area (Å²) in [4.78, 5) is 30.0.